The number of nitrogens with zero attached hydrogens (tertiary/aromatic N) is 3. The average molecular weight is 337 g/mol. The van der Waals surface area contributed by atoms with Crippen molar-refractivity contribution in [3.05, 3.63) is 46.5 Å². The van der Waals surface area contributed by atoms with Crippen LogP contribution in [0.4, 0.5) is 0 Å². The van der Waals surface area contributed by atoms with E-state index in [0.717, 1.165) is 22.4 Å². The zero-order chi connectivity index (χ0) is 14.8. The Labute approximate surface area is 128 Å². The second kappa shape index (κ2) is 6.06. The lowest BCUT2D eigenvalue weighted by Gasteiger charge is -2.25. The molecule has 0 saturated heterocycles. The van der Waals surface area contributed by atoms with Gasteiger partial charge in [-0.2, -0.15) is 5.10 Å². The molecule has 0 amide bonds. The summed E-state index contributed by atoms with van der Waals surface area (Å²) in [4.78, 5) is 4.36. The summed E-state index contributed by atoms with van der Waals surface area (Å²) in [6.45, 7) is 7.23. The van der Waals surface area contributed by atoms with E-state index in [9.17, 15) is 0 Å². The van der Waals surface area contributed by atoms with E-state index < -0.39 is 5.54 Å². The van der Waals surface area contributed by atoms with Gasteiger partial charge in [0, 0.05) is 23.0 Å². The zero-order valence-electron chi connectivity index (χ0n) is 12.2. The second-order valence-electron chi connectivity index (χ2n) is 5.86. The van der Waals surface area contributed by atoms with Crippen molar-refractivity contribution in [2.45, 2.75) is 39.3 Å². The van der Waals surface area contributed by atoms with Crippen LogP contribution in [-0.2, 0) is 18.5 Å². The number of hydrogen-bond donors (Lipinski definition) is 1. The molecule has 1 aromatic heterocycles. The molecule has 0 fully saturated rings. The summed E-state index contributed by atoms with van der Waals surface area (Å²) in [6.07, 6.45) is 2.27. The summed E-state index contributed by atoms with van der Waals surface area (Å²) in [6, 6.07) is 8.11. The highest BCUT2D eigenvalue weighted by molar-refractivity contribution is 9.10. The van der Waals surface area contributed by atoms with Crippen LogP contribution in [0.2, 0.25) is 0 Å². The number of halogens is 1. The van der Waals surface area contributed by atoms with Gasteiger partial charge in [0.25, 0.3) is 0 Å². The molecule has 5 heteroatoms. The predicted molar refractivity (Wildman–Crippen MR) is 84.2 cm³/mol. The molecule has 1 aromatic carbocycles. The van der Waals surface area contributed by atoms with Gasteiger partial charge in [0.1, 0.15) is 12.2 Å². The molecule has 1 heterocycles. The van der Waals surface area contributed by atoms with Crippen LogP contribution < -0.4 is 5.73 Å². The third kappa shape index (κ3) is 3.67. The Kier molecular flexibility index (Phi) is 4.60. The van der Waals surface area contributed by atoms with Crippen LogP contribution in [0.5, 0.6) is 0 Å². The molecule has 20 heavy (non-hydrogen) atoms. The average Bonchev–Trinajstić information content (AvgIpc) is 2.75. The Bertz CT molecular complexity index is 575. The number of aromatic nitrogens is 3. The zero-order valence-corrected chi connectivity index (χ0v) is 13.8. The monoisotopic (exact) mass is 336 g/mol. The van der Waals surface area contributed by atoms with Crippen molar-refractivity contribution in [3.8, 4) is 0 Å². The van der Waals surface area contributed by atoms with E-state index in [-0.39, 0.29) is 0 Å². The fourth-order valence-electron chi connectivity index (χ4n) is 2.20. The van der Waals surface area contributed by atoms with Crippen LogP contribution in [0.3, 0.4) is 0 Å². The third-order valence-corrected chi connectivity index (χ3v) is 3.74. The first-order chi connectivity index (χ1) is 9.38. The second-order valence-corrected chi connectivity index (χ2v) is 6.77. The van der Waals surface area contributed by atoms with E-state index in [0.29, 0.717) is 12.3 Å². The Balaban J connectivity index is 2.22. The Morgan fingerprint density at radius 3 is 2.80 bits per heavy atom. The van der Waals surface area contributed by atoms with Gasteiger partial charge in [-0.3, -0.25) is 0 Å². The maximum absolute atomic E-state index is 6.50. The Morgan fingerprint density at radius 1 is 1.40 bits per heavy atom. The van der Waals surface area contributed by atoms with E-state index in [1.54, 1.807) is 6.33 Å². The molecule has 0 aliphatic heterocycles. The maximum Gasteiger partial charge on any atom is 0.138 e. The summed E-state index contributed by atoms with van der Waals surface area (Å²) in [7, 11) is 0. The lowest BCUT2D eigenvalue weighted by atomic mass is 9.89. The van der Waals surface area contributed by atoms with Crippen molar-refractivity contribution in [1.82, 2.24) is 14.8 Å². The molecule has 2 aromatic rings. The standard InChI is InChI=1S/C15H21BrN4/c1-11(2)9-20-14(18-10-19-20)8-15(3,17)12-5-4-6-13(16)7-12/h4-7,10-11H,8-9,17H2,1-3H3. The summed E-state index contributed by atoms with van der Waals surface area (Å²) >= 11 is 3.49. The van der Waals surface area contributed by atoms with E-state index in [1.807, 2.05) is 29.8 Å². The van der Waals surface area contributed by atoms with Gasteiger partial charge in [-0.05, 0) is 30.5 Å². The molecule has 2 rings (SSSR count). The quantitative estimate of drug-likeness (QED) is 0.912. The van der Waals surface area contributed by atoms with Gasteiger partial charge in [-0.1, -0.05) is 41.9 Å². The Hall–Kier alpha value is -1.20. The van der Waals surface area contributed by atoms with Gasteiger partial charge in [-0.15, -0.1) is 0 Å². The van der Waals surface area contributed by atoms with Crippen LogP contribution in [0.25, 0.3) is 0 Å². The molecule has 0 saturated carbocycles. The SMILES string of the molecule is CC(C)Cn1ncnc1CC(C)(N)c1cccc(Br)c1. The molecule has 0 radical (unpaired) electrons. The molecule has 2 N–H and O–H groups in total. The Morgan fingerprint density at radius 2 is 2.15 bits per heavy atom. The first-order valence-corrected chi connectivity index (χ1v) is 7.59. The van der Waals surface area contributed by atoms with E-state index in [1.165, 1.54) is 0 Å². The minimum Gasteiger partial charge on any atom is -0.321 e. The minimum atomic E-state index is -0.467. The largest absolute Gasteiger partial charge is 0.321 e. The van der Waals surface area contributed by atoms with Crippen molar-refractivity contribution in [2.24, 2.45) is 11.7 Å². The molecule has 1 unspecified atom stereocenters. The van der Waals surface area contributed by atoms with Crippen molar-refractivity contribution >= 4 is 15.9 Å². The number of benzene rings is 1. The predicted octanol–water partition coefficient (Wildman–Crippen LogP) is 3.11. The number of rotatable bonds is 5. The third-order valence-electron chi connectivity index (χ3n) is 3.24. The highest BCUT2D eigenvalue weighted by Crippen LogP contribution is 2.24. The summed E-state index contributed by atoms with van der Waals surface area (Å²) in [5, 5.41) is 4.29. The van der Waals surface area contributed by atoms with Gasteiger partial charge in [-0.25, -0.2) is 9.67 Å². The normalized spacial score (nSPS) is 14.5. The molecular weight excluding hydrogens is 316 g/mol. The van der Waals surface area contributed by atoms with Gasteiger partial charge < -0.3 is 5.73 Å². The van der Waals surface area contributed by atoms with E-state index >= 15 is 0 Å². The molecule has 0 aliphatic carbocycles. The van der Waals surface area contributed by atoms with Gasteiger partial charge in [0.05, 0.1) is 0 Å². The van der Waals surface area contributed by atoms with Crippen molar-refractivity contribution in [2.75, 3.05) is 0 Å². The topological polar surface area (TPSA) is 56.7 Å². The van der Waals surface area contributed by atoms with E-state index in [4.69, 9.17) is 5.73 Å². The first-order valence-electron chi connectivity index (χ1n) is 6.80. The van der Waals surface area contributed by atoms with Crippen molar-refractivity contribution < 1.29 is 0 Å². The van der Waals surface area contributed by atoms with Crippen LogP contribution >= 0.6 is 15.9 Å². The van der Waals surface area contributed by atoms with Crippen LogP contribution in [0, 0.1) is 5.92 Å². The highest BCUT2D eigenvalue weighted by atomic mass is 79.9. The molecule has 0 spiro atoms. The van der Waals surface area contributed by atoms with Crippen molar-refractivity contribution in [3.63, 3.8) is 0 Å². The summed E-state index contributed by atoms with van der Waals surface area (Å²) in [5.41, 5.74) is 7.12. The molecule has 0 bridgehead atoms. The first kappa shape index (κ1) is 15.2. The molecule has 108 valence electrons. The van der Waals surface area contributed by atoms with Crippen LogP contribution in [0.1, 0.15) is 32.2 Å². The van der Waals surface area contributed by atoms with Crippen molar-refractivity contribution in [1.29, 1.82) is 0 Å². The minimum absolute atomic E-state index is 0.467. The molecule has 0 aliphatic rings. The molecular formula is C15H21BrN4. The fraction of sp³-hybridized carbons (Fsp3) is 0.467. The lowest BCUT2D eigenvalue weighted by Crippen LogP contribution is -2.36. The van der Waals surface area contributed by atoms with Crippen LogP contribution in [0.15, 0.2) is 35.1 Å². The lowest BCUT2D eigenvalue weighted by molar-refractivity contribution is 0.422. The molecule has 4 nitrogen and oxygen atoms in total. The number of hydrogen-bond acceptors (Lipinski definition) is 3. The van der Waals surface area contributed by atoms with Gasteiger partial charge in [0.15, 0.2) is 0 Å². The summed E-state index contributed by atoms with van der Waals surface area (Å²) < 4.78 is 2.99. The molecule has 1 atom stereocenters. The van der Waals surface area contributed by atoms with Crippen LogP contribution in [-0.4, -0.2) is 14.8 Å². The maximum atomic E-state index is 6.50. The number of nitrogens with two attached hydrogens (primary N) is 1. The van der Waals surface area contributed by atoms with Gasteiger partial charge in [0.2, 0.25) is 0 Å². The fourth-order valence-corrected chi connectivity index (χ4v) is 2.60. The summed E-state index contributed by atoms with van der Waals surface area (Å²) in [5.74, 6) is 1.47. The highest BCUT2D eigenvalue weighted by Gasteiger charge is 2.24. The van der Waals surface area contributed by atoms with Gasteiger partial charge >= 0.3 is 0 Å². The smallest absolute Gasteiger partial charge is 0.138 e. The van der Waals surface area contributed by atoms with E-state index in [2.05, 4.69) is 45.9 Å².